The maximum absolute atomic E-state index is 4.47. The quantitative estimate of drug-likeness (QED) is 0.665. The first kappa shape index (κ1) is 12.0. The van der Waals surface area contributed by atoms with E-state index in [1.807, 2.05) is 0 Å². The Morgan fingerprint density at radius 3 is 1.58 bits per heavy atom. The van der Waals surface area contributed by atoms with Crippen molar-refractivity contribution in [2.75, 3.05) is 0 Å². The topological polar surface area (TPSA) is 0 Å². The molecule has 0 aliphatic heterocycles. The summed E-state index contributed by atoms with van der Waals surface area (Å²) in [6, 6.07) is 0. The summed E-state index contributed by atoms with van der Waals surface area (Å²) >= 11 is 0. The molecule has 102 valence electrons. The fourth-order valence-electron chi connectivity index (χ4n) is 4.17. The highest BCUT2D eigenvalue weighted by Crippen LogP contribution is 2.57. The van der Waals surface area contributed by atoms with E-state index in [-0.39, 0.29) is 0 Å². The zero-order valence-corrected chi connectivity index (χ0v) is 12.5. The predicted molar refractivity (Wildman–Crippen MR) is 80.6 cm³/mol. The molecule has 0 amide bonds. The zero-order chi connectivity index (χ0) is 13.3. The summed E-state index contributed by atoms with van der Waals surface area (Å²) in [5.74, 6) is 6.07. The van der Waals surface area contributed by atoms with E-state index in [1.165, 1.54) is 24.8 Å². The molecule has 6 atom stereocenters. The minimum Gasteiger partial charge on any atom is -0.0912 e. The lowest BCUT2D eigenvalue weighted by Crippen LogP contribution is -2.11. The second-order valence-corrected chi connectivity index (χ2v) is 7.82. The fourth-order valence-corrected chi connectivity index (χ4v) is 4.17. The molecule has 0 heteroatoms. The van der Waals surface area contributed by atoms with Gasteiger partial charge in [0.25, 0.3) is 0 Å². The van der Waals surface area contributed by atoms with Gasteiger partial charge in [0.1, 0.15) is 0 Å². The van der Waals surface area contributed by atoms with Gasteiger partial charge >= 0.3 is 0 Å². The van der Waals surface area contributed by atoms with Gasteiger partial charge in [-0.3, -0.25) is 0 Å². The number of hydrogen-bond donors (Lipinski definition) is 0. The molecule has 3 fully saturated rings. The molecule has 0 aromatic heterocycles. The average Bonchev–Trinajstić information content (AvgIpc) is 3.25. The Hall–Kier alpha value is -0.780. The second-order valence-electron chi connectivity index (χ2n) is 7.82. The van der Waals surface area contributed by atoms with Crippen molar-refractivity contribution < 1.29 is 0 Å². The molecular weight excluding hydrogens is 228 g/mol. The highest BCUT2D eigenvalue weighted by atomic mass is 14.5. The van der Waals surface area contributed by atoms with Crippen molar-refractivity contribution in [3.8, 4) is 0 Å². The van der Waals surface area contributed by atoms with Crippen molar-refractivity contribution in [3.63, 3.8) is 0 Å². The van der Waals surface area contributed by atoms with Gasteiger partial charge < -0.3 is 0 Å². The number of hydrogen-bond acceptors (Lipinski definition) is 0. The van der Waals surface area contributed by atoms with Crippen LogP contribution in [0.3, 0.4) is 0 Å². The number of allylic oxidation sites excluding steroid dienone is 5. The zero-order valence-electron chi connectivity index (χ0n) is 12.5. The van der Waals surface area contributed by atoms with E-state index in [0.717, 1.165) is 41.4 Å². The smallest absolute Gasteiger partial charge is 0.00103 e. The Morgan fingerprint density at radius 1 is 0.842 bits per heavy atom. The minimum absolute atomic E-state index is 0.728. The van der Waals surface area contributed by atoms with Crippen LogP contribution in [0, 0.1) is 41.4 Å². The van der Waals surface area contributed by atoms with Crippen molar-refractivity contribution in [2.45, 2.75) is 40.0 Å². The second kappa shape index (κ2) is 3.87. The average molecular weight is 254 g/mol. The van der Waals surface area contributed by atoms with Gasteiger partial charge in [-0.05, 0) is 77.4 Å². The van der Waals surface area contributed by atoms with Crippen LogP contribution < -0.4 is 0 Å². The first-order valence-electron chi connectivity index (χ1n) is 8.19. The molecule has 0 nitrogen and oxygen atoms in total. The summed E-state index contributed by atoms with van der Waals surface area (Å²) in [7, 11) is 0. The van der Waals surface area contributed by atoms with E-state index in [0.29, 0.717) is 0 Å². The van der Waals surface area contributed by atoms with Crippen LogP contribution in [-0.2, 0) is 0 Å². The van der Waals surface area contributed by atoms with Crippen molar-refractivity contribution in [2.24, 2.45) is 41.4 Å². The molecule has 6 unspecified atom stereocenters. The van der Waals surface area contributed by atoms with Gasteiger partial charge in [-0.1, -0.05) is 39.5 Å². The van der Waals surface area contributed by atoms with Crippen LogP contribution in [0.5, 0.6) is 0 Å². The molecule has 0 aromatic carbocycles. The summed E-state index contributed by atoms with van der Waals surface area (Å²) in [6.45, 7) is 11.7. The molecule has 19 heavy (non-hydrogen) atoms. The molecule has 0 radical (unpaired) electrons. The van der Waals surface area contributed by atoms with Gasteiger partial charge in [-0.25, -0.2) is 0 Å². The summed E-state index contributed by atoms with van der Waals surface area (Å²) in [4.78, 5) is 0. The molecule has 4 rings (SSSR count). The van der Waals surface area contributed by atoms with E-state index < -0.39 is 0 Å². The lowest BCUT2D eigenvalue weighted by Gasteiger charge is -2.24. The minimum atomic E-state index is 0.728. The van der Waals surface area contributed by atoms with Crippen molar-refractivity contribution >= 4 is 0 Å². The third-order valence-corrected chi connectivity index (χ3v) is 6.12. The Morgan fingerprint density at radius 2 is 1.26 bits per heavy atom. The Bertz CT molecular complexity index is 456. The van der Waals surface area contributed by atoms with Crippen LogP contribution in [0.4, 0.5) is 0 Å². The summed E-state index contributed by atoms with van der Waals surface area (Å²) in [6.07, 6.45) is 9.42. The highest BCUT2D eigenvalue weighted by Gasteiger charge is 2.46. The summed E-state index contributed by atoms with van der Waals surface area (Å²) < 4.78 is 0. The maximum atomic E-state index is 4.47. The van der Waals surface area contributed by atoms with Gasteiger partial charge in [0.15, 0.2) is 0 Å². The molecule has 3 saturated carbocycles. The molecule has 4 aliphatic rings. The third-order valence-electron chi connectivity index (χ3n) is 6.12. The Balaban J connectivity index is 1.64. The molecule has 0 saturated heterocycles. The van der Waals surface area contributed by atoms with Crippen molar-refractivity contribution in [3.05, 3.63) is 35.5 Å². The van der Waals surface area contributed by atoms with E-state index in [2.05, 4.69) is 39.5 Å². The SMILES string of the molecule is C=C1C(C2CC2C)=CC(C2CC2C)C=C1C1CC1C. The van der Waals surface area contributed by atoms with Gasteiger partial charge in [0.05, 0.1) is 0 Å². The van der Waals surface area contributed by atoms with Crippen LogP contribution >= 0.6 is 0 Å². The molecular formula is C19H26. The first-order chi connectivity index (χ1) is 9.06. The van der Waals surface area contributed by atoms with Crippen LogP contribution in [0.25, 0.3) is 0 Å². The van der Waals surface area contributed by atoms with Crippen molar-refractivity contribution in [1.29, 1.82) is 0 Å². The molecule has 0 bridgehead atoms. The lowest BCUT2D eigenvalue weighted by atomic mass is 9.80. The van der Waals surface area contributed by atoms with Crippen molar-refractivity contribution in [1.82, 2.24) is 0 Å². The molecule has 0 N–H and O–H groups in total. The van der Waals surface area contributed by atoms with Gasteiger partial charge in [-0.2, -0.15) is 0 Å². The molecule has 0 spiro atoms. The predicted octanol–water partition coefficient (Wildman–Crippen LogP) is 4.99. The molecule has 0 heterocycles. The van der Waals surface area contributed by atoms with E-state index >= 15 is 0 Å². The maximum Gasteiger partial charge on any atom is -0.00103 e. The van der Waals surface area contributed by atoms with Crippen LogP contribution in [0.1, 0.15) is 40.0 Å². The molecule has 4 aliphatic carbocycles. The van der Waals surface area contributed by atoms with Crippen LogP contribution in [0.2, 0.25) is 0 Å². The van der Waals surface area contributed by atoms with Gasteiger partial charge in [0, 0.05) is 0 Å². The summed E-state index contributed by atoms with van der Waals surface area (Å²) in [5.41, 5.74) is 4.68. The Labute approximate surface area is 117 Å². The highest BCUT2D eigenvalue weighted by molar-refractivity contribution is 5.54. The van der Waals surface area contributed by atoms with Crippen LogP contribution in [0.15, 0.2) is 35.5 Å². The van der Waals surface area contributed by atoms with E-state index in [1.54, 1.807) is 11.1 Å². The standard InChI is InChI=1S/C19H26/c1-10-5-15(10)14-8-18(16-6-11(16)2)13(4)19(9-14)17-7-12(17)3/h8-12,14-17H,4-7H2,1-3H3. The third kappa shape index (κ3) is 1.95. The lowest BCUT2D eigenvalue weighted by molar-refractivity contribution is 0.617. The van der Waals surface area contributed by atoms with Gasteiger partial charge in [0.2, 0.25) is 0 Å². The summed E-state index contributed by atoms with van der Waals surface area (Å²) in [5, 5.41) is 0. The normalized spacial score (nSPS) is 51.5. The van der Waals surface area contributed by atoms with Gasteiger partial charge in [-0.15, -0.1) is 0 Å². The fraction of sp³-hybridized carbons (Fsp3) is 0.684. The Kier molecular flexibility index (Phi) is 2.44. The molecule has 0 aromatic rings. The van der Waals surface area contributed by atoms with E-state index in [4.69, 9.17) is 0 Å². The van der Waals surface area contributed by atoms with Crippen LogP contribution in [-0.4, -0.2) is 0 Å². The first-order valence-corrected chi connectivity index (χ1v) is 8.19. The largest absolute Gasteiger partial charge is 0.0912 e. The van der Waals surface area contributed by atoms with E-state index in [9.17, 15) is 0 Å². The monoisotopic (exact) mass is 254 g/mol. The number of rotatable bonds is 3.